The first-order valence-corrected chi connectivity index (χ1v) is 9.48. The van der Waals surface area contributed by atoms with Gasteiger partial charge in [-0.15, -0.1) is 0 Å². The van der Waals surface area contributed by atoms with E-state index in [1.807, 2.05) is 30.5 Å². The lowest BCUT2D eigenvalue weighted by Gasteiger charge is -2.16. The molecular weight excluding hydrogens is 382 g/mol. The van der Waals surface area contributed by atoms with E-state index in [0.29, 0.717) is 30.4 Å². The molecule has 0 aliphatic carbocycles. The summed E-state index contributed by atoms with van der Waals surface area (Å²) in [6.07, 6.45) is 11.4. The number of likely N-dealkylation sites (tertiary alicyclic amines) is 1. The van der Waals surface area contributed by atoms with Gasteiger partial charge in [0.05, 0.1) is 11.5 Å². The van der Waals surface area contributed by atoms with E-state index in [2.05, 4.69) is 30.1 Å². The smallest absolute Gasteiger partial charge is 0.257 e. The molecule has 0 unspecified atom stereocenters. The topological polar surface area (TPSA) is 111 Å². The highest BCUT2D eigenvalue weighted by atomic mass is 16.5. The molecule has 9 heteroatoms. The normalized spacial score (nSPS) is 18.5. The molecule has 148 valence electrons. The highest BCUT2D eigenvalue weighted by molar-refractivity contribution is 5.94. The quantitative estimate of drug-likeness (QED) is 0.514. The maximum absolute atomic E-state index is 13.0. The molecule has 4 aromatic heterocycles. The molecule has 0 saturated carbocycles. The molecule has 1 amide bonds. The van der Waals surface area contributed by atoms with Gasteiger partial charge in [0.2, 0.25) is 11.7 Å². The number of amides is 1. The first kappa shape index (κ1) is 18.0. The first-order chi connectivity index (χ1) is 14.8. The van der Waals surface area contributed by atoms with Crippen LogP contribution in [-0.2, 0) is 0 Å². The summed E-state index contributed by atoms with van der Waals surface area (Å²) in [5, 5.41) is 4.13. The summed E-state index contributed by atoms with van der Waals surface area (Å²) < 4.78 is 5.62. The summed E-state index contributed by atoms with van der Waals surface area (Å²) in [5.74, 6) is 0.707. The van der Waals surface area contributed by atoms with E-state index in [1.54, 1.807) is 23.5 Å². The third-order valence-corrected chi connectivity index (χ3v) is 5.22. The Morgan fingerprint density at radius 2 is 1.73 bits per heavy atom. The average Bonchev–Trinajstić information content (AvgIpc) is 3.48. The van der Waals surface area contributed by atoms with Gasteiger partial charge in [0.1, 0.15) is 6.33 Å². The van der Waals surface area contributed by atoms with Crippen molar-refractivity contribution >= 4 is 5.91 Å². The van der Waals surface area contributed by atoms with Gasteiger partial charge in [-0.05, 0) is 23.8 Å². The van der Waals surface area contributed by atoms with Crippen molar-refractivity contribution in [3.63, 3.8) is 0 Å². The van der Waals surface area contributed by atoms with E-state index in [9.17, 15) is 4.79 Å². The second-order valence-corrected chi connectivity index (χ2v) is 7.03. The van der Waals surface area contributed by atoms with Gasteiger partial charge in [-0.1, -0.05) is 11.2 Å². The number of carbonyl (C=O) groups excluding carboxylic acids is 1. The minimum Gasteiger partial charge on any atom is -0.339 e. The van der Waals surface area contributed by atoms with Crippen LogP contribution in [-0.4, -0.2) is 54.0 Å². The fraction of sp³-hybridized carbons (Fsp3) is 0.190. The fourth-order valence-corrected chi connectivity index (χ4v) is 3.75. The molecule has 2 atom stereocenters. The Kier molecular flexibility index (Phi) is 4.68. The minimum atomic E-state index is -0.147. The molecule has 30 heavy (non-hydrogen) atoms. The number of aromatic nitrogens is 6. The molecule has 9 nitrogen and oxygen atoms in total. The zero-order valence-electron chi connectivity index (χ0n) is 15.9. The number of nitrogens with zero attached hydrogens (tertiary/aromatic N) is 7. The van der Waals surface area contributed by atoms with Crippen molar-refractivity contribution in [1.29, 1.82) is 0 Å². The zero-order chi connectivity index (χ0) is 20.3. The van der Waals surface area contributed by atoms with Gasteiger partial charge in [0.15, 0.2) is 0 Å². The minimum absolute atomic E-state index is 0.0157. The lowest BCUT2D eigenvalue weighted by atomic mass is 9.90. The van der Waals surface area contributed by atoms with Crippen LogP contribution in [0.4, 0.5) is 0 Å². The van der Waals surface area contributed by atoms with Crippen molar-refractivity contribution in [1.82, 2.24) is 35.0 Å². The number of carbonyl (C=O) groups is 1. The lowest BCUT2D eigenvalue weighted by Crippen LogP contribution is -2.29. The Balaban J connectivity index is 1.47. The molecule has 4 aromatic rings. The van der Waals surface area contributed by atoms with E-state index in [1.165, 1.54) is 18.7 Å². The molecule has 0 radical (unpaired) electrons. The van der Waals surface area contributed by atoms with Crippen molar-refractivity contribution in [2.75, 3.05) is 13.1 Å². The number of rotatable bonds is 4. The Morgan fingerprint density at radius 3 is 2.50 bits per heavy atom. The first-order valence-electron chi connectivity index (χ1n) is 9.48. The molecule has 5 heterocycles. The highest BCUT2D eigenvalue weighted by Crippen LogP contribution is 2.39. The van der Waals surface area contributed by atoms with Crippen LogP contribution in [0.25, 0.3) is 11.4 Å². The van der Waals surface area contributed by atoms with Crippen LogP contribution in [0.15, 0.2) is 72.3 Å². The van der Waals surface area contributed by atoms with Gasteiger partial charge in [0.25, 0.3) is 5.91 Å². The van der Waals surface area contributed by atoms with Gasteiger partial charge in [-0.3, -0.25) is 14.8 Å². The molecule has 1 saturated heterocycles. The van der Waals surface area contributed by atoms with Crippen LogP contribution < -0.4 is 0 Å². The Hall–Kier alpha value is -4.01. The summed E-state index contributed by atoms with van der Waals surface area (Å²) in [6.45, 7) is 0.961. The van der Waals surface area contributed by atoms with Crippen LogP contribution in [0, 0.1) is 0 Å². The zero-order valence-corrected chi connectivity index (χ0v) is 15.9. The van der Waals surface area contributed by atoms with Crippen LogP contribution in [0.5, 0.6) is 0 Å². The third kappa shape index (κ3) is 3.41. The van der Waals surface area contributed by atoms with Gasteiger partial charge in [-0.2, -0.15) is 4.98 Å². The third-order valence-electron chi connectivity index (χ3n) is 5.22. The summed E-state index contributed by atoms with van der Waals surface area (Å²) in [4.78, 5) is 35.5. The Morgan fingerprint density at radius 1 is 0.933 bits per heavy atom. The molecule has 0 spiro atoms. The molecule has 0 N–H and O–H groups in total. The van der Waals surface area contributed by atoms with E-state index in [0.717, 1.165) is 11.1 Å². The Labute approximate surface area is 171 Å². The summed E-state index contributed by atoms with van der Waals surface area (Å²) in [5.41, 5.74) is 2.29. The monoisotopic (exact) mass is 399 g/mol. The second-order valence-electron chi connectivity index (χ2n) is 7.03. The van der Waals surface area contributed by atoms with Gasteiger partial charge >= 0.3 is 0 Å². The van der Waals surface area contributed by atoms with E-state index < -0.39 is 0 Å². The summed E-state index contributed by atoms with van der Waals surface area (Å²) in [6, 6.07) is 7.54. The summed E-state index contributed by atoms with van der Waals surface area (Å²) >= 11 is 0. The molecular formula is C21H17N7O2. The summed E-state index contributed by atoms with van der Waals surface area (Å²) in [7, 11) is 0. The predicted octanol–water partition coefficient (Wildman–Crippen LogP) is 2.34. The molecule has 0 aromatic carbocycles. The molecule has 1 fully saturated rings. The van der Waals surface area contributed by atoms with E-state index in [-0.39, 0.29) is 17.7 Å². The van der Waals surface area contributed by atoms with Crippen molar-refractivity contribution < 1.29 is 9.32 Å². The second kappa shape index (κ2) is 7.78. The number of pyridine rings is 2. The number of hydrogen-bond acceptors (Lipinski definition) is 8. The van der Waals surface area contributed by atoms with Gasteiger partial charge < -0.3 is 9.42 Å². The maximum atomic E-state index is 13.0. The highest BCUT2D eigenvalue weighted by Gasteiger charge is 2.40. The van der Waals surface area contributed by atoms with Crippen molar-refractivity contribution in [2.24, 2.45) is 0 Å². The largest absolute Gasteiger partial charge is 0.339 e. The van der Waals surface area contributed by atoms with Crippen molar-refractivity contribution in [3.05, 3.63) is 84.8 Å². The average molecular weight is 399 g/mol. The van der Waals surface area contributed by atoms with Crippen molar-refractivity contribution in [3.8, 4) is 11.4 Å². The predicted molar refractivity (Wildman–Crippen MR) is 105 cm³/mol. The van der Waals surface area contributed by atoms with Crippen LogP contribution in [0.1, 0.15) is 33.6 Å². The molecule has 5 rings (SSSR count). The van der Waals surface area contributed by atoms with E-state index in [4.69, 9.17) is 4.52 Å². The Bertz CT molecular complexity index is 1140. The van der Waals surface area contributed by atoms with Crippen LogP contribution in [0.3, 0.4) is 0 Å². The van der Waals surface area contributed by atoms with Crippen molar-refractivity contribution in [2.45, 2.75) is 11.8 Å². The van der Waals surface area contributed by atoms with Gasteiger partial charge in [0, 0.05) is 61.8 Å². The fourth-order valence-electron chi connectivity index (χ4n) is 3.75. The maximum Gasteiger partial charge on any atom is 0.257 e. The van der Waals surface area contributed by atoms with Crippen LogP contribution >= 0.6 is 0 Å². The van der Waals surface area contributed by atoms with E-state index >= 15 is 0 Å². The lowest BCUT2D eigenvalue weighted by molar-refractivity contribution is 0.0787. The standard InChI is InChI=1S/C21H17N7O2/c29-21(16-9-24-13-25-10-16)28-11-17(15-2-1-5-23-8-15)18(12-28)20-26-19(27-30-20)14-3-6-22-7-4-14/h1-10,13,17-18H,11-12H2/t17-,18+/m0/s1. The molecule has 1 aliphatic rings. The SMILES string of the molecule is O=C(c1cncnc1)N1C[C@@H](c2cccnc2)[C@H](c2nc(-c3ccncc3)no2)C1. The molecule has 1 aliphatic heterocycles. The van der Waals surface area contributed by atoms with Gasteiger partial charge in [-0.25, -0.2) is 9.97 Å². The van der Waals surface area contributed by atoms with Crippen LogP contribution in [0.2, 0.25) is 0 Å². The molecule has 0 bridgehead atoms. The number of hydrogen-bond donors (Lipinski definition) is 0.